The summed E-state index contributed by atoms with van der Waals surface area (Å²) in [5.74, 6) is 0.194. The standard InChI is InChI=1S/C16H24N2O2S2/c1-4-20-13-9-12(16(13)6-5-7-16)18(3)14(19)8-11-10(2)17-15(21)22-11/h12-13H,4-9H2,1-3H3,(H,17,21)/t12-,13-/m1/s1. The molecule has 2 atom stereocenters. The molecule has 122 valence electrons. The number of aromatic nitrogens is 1. The molecule has 0 saturated heterocycles. The van der Waals surface area contributed by atoms with Gasteiger partial charge in [-0.25, -0.2) is 0 Å². The fourth-order valence-electron chi connectivity index (χ4n) is 3.99. The number of hydrogen-bond acceptors (Lipinski definition) is 4. The Morgan fingerprint density at radius 3 is 2.77 bits per heavy atom. The summed E-state index contributed by atoms with van der Waals surface area (Å²) >= 11 is 6.67. The highest BCUT2D eigenvalue weighted by Gasteiger charge is 2.60. The van der Waals surface area contributed by atoms with Crippen LogP contribution in [0.3, 0.4) is 0 Å². The monoisotopic (exact) mass is 340 g/mol. The van der Waals surface area contributed by atoms with Crippen LogP contribution in [0.5, 0.6) is 0 Å². The molecule has 1 aromatic rings. The Hall–Kier alpha value is -0.720. The summed E-state index contributed by atoms with van der Waals surface area (Å²) in [7, 11) is 1.95. The molecule has 0 radical (unpaired) electrons. The van der Waals surface area contributed by atoms with Crippen molar-refractivity contribution in [1.82, 2.24) is 9.88 Å². The molecule has 2 aliphatic rings. The highest BCUT2D eigenvalue weighted by molar-refractivity contribution is 7.73. The van der Waals surface area contributed by atoms with E-state index >= 15 is 0 Å². The van der Waals surface area contributed by atoms with Crippen LogP contribution in [0, 0.1) is 16.3 Å². The van der Waals surface area contributed by atoms with Crippen molar-refractivity contribution >= 4 is 29.5 Å². The zero-order valence-corrected chi connectivity index (χ0v) is 15.1. The SMILES string of the molecule is CCO[C@@H]1C[C@@H](N(C)C(=O)Cc2sc(=S)[nH]c2C)C12CCC2. The zero-order valence-electron chi connectivity index (χ0n) is 13.5. The van der Waals surface area contributed by atoms with Gasteiger partial charge in [0.25, 0.3) is 0 Å². The van der Waals surface area contributed by atoms with Gasteiger partial charge in [0.2, 0.25) is 5.91 Å². The summed E-state index contributed by atoms with van der Waals surface area (Å²) in [6.07, 6.45) is 5.44. The molecule has 4 nitrogen and oxygen atoms in total. The summed E-state index contributed by atoms with van der Waals surface area (Å²) in [6, 6.07) is 0.345. The van der Waals surface area contributed by atoms with Crippen LogP contribution in [0.25, 0.3) is 0 Å². The number of likely N-dealkylation sites (N-methyl/N-ethyl adjacent to an activating group) is 1. The Morgan fingerprint density at radius 1 is 1.55 bits per heavy atom. The maximum absolute atomic E-state index is 12.6. The van der Waals surface area contributed by atoms with Crippen LogP contribution in [0.1, 0.15) is 43.2 Å². The largest absolute Gasteiger partial charge is 0.378 e. The van der Waals surface area contributed by atoms with Gasteiger partial charge < -0.3 is 14.6 Å². The second kappa shape index (κ2) is 6.06. The molecule has 3 rings (SSSR count). The van der Waals surface area contributed by atoms with Crippen LogP contribution in [0.15, 0.2) is 0 Å². The molecule has 2 saturated carbocycles. The summed E-state index contributed by atoms with van der Waals surface area (Å²) in [4.78, 5) is 18.8. The third-order valence-corrected chi connectivity index (χ3v) is 6.83. The molecule has 0 unspecified atom stereocenters. The first-order valence-corrected chi connectivity index (χ1v) is 9.26. The minimum absolute atomic E-state index is 0.194. The number of amides is 1. The lowest BCUT2D eigenvalue weighted by Crippen LogP contribution is -2.67. The van der Waals surface area contributed by atoms with Gasteiger partial charge in [-0.15, -0.1) is 11.3 Å². The van der Waals surface area contributed by atoms with Gasteiger partial charge in [-0.3, -0.25) is 4.79 Å². The summed E-state index contributed by atoms with van der Waals surface area (Å²) in [5.41, 5.74) is 1.26. The number of nitrogens with one attached hydrogen (secondary N) is 1. The lowest BCUT2D eigenvalue weighted by molar-refractivity contribution is -0.202. The zero-order chi connectivity index (χ0) is 15.9. The second-order valence-electron chi connectivity index (χ2n) is 6.53. The number of rotatable bonds is 5. The Morgan fingerprint density at radius 2 is 2.27 bits per heavy atom. The minimum atomic E-state index is 0.194. The molecule has 6 heteroatoms. The molecule has 1 heterocycles. The van der Waals surface area contributed by atoms with Crippen LogP contribution in [-0.2, 0) is 16.0 Å². The number of aryl methyl sites for hydroxylation is 1. The van der Waals surface area contributed by atoms with Crippen molar-refractivity contribution in [2.24, 2.45) is 5.41 Å². The van der Waals surface area contributed by atoms with E-state index in [4.69, 9.17) is 17.0 Å². The third kappa shape index (κ3) is 2.55. The number of H-pyrrole nitrogens is 1. The van der Waals surface area contributed by atoms with E-state index in [1.165, 1.54) is 30.6 Å². The lowest BCUT2D eigenvalue weighted by atomic mass is 9.50. The van der Waals surface area contributed by atoms with E-state index in [1.54, 1.807) is 0 Å². The highest BCUT2D eigenvalue weighted by atomic mass is 32.1. The average molecular weight is 341 g/mol. The van der Waals surface area contributed by atoms with E-state index in [0.29, 0.717) is 18.6 Å². The predicted molar refractivity (Wildman–Crippen MR) is 90.8 cm³/mol. The lowest BCUT2D eigenvalue weighted by Gasteiger charge is -2.63. The molecular formula is C16H24N2O2S2. The van der Waals surface area contributed by atoms with E-state index in [2.05, 4.69) is 11.9 Å². The molecule has 1 spiro atoms. The van der Waals surface area contributed by atoms with Crippen molar-refractivity contribution in [3.05, 3.63) is 14.5 Å². The number of thiazole rings is 1. The molecule has 22 heavy (non-hydrogen) atoms. The van der Waals surface area contributed by atoms with Crippen LogP contribution >= 0.6 is 23.6 Å². The maximum atomic E-state index is 12.6. The van der Waals surface area contributed by atoms with E-state index in [-0.39, 0.29) is 11.3 Å². The number of ether oxygens (including phenoxy) is 1. The molecule has 2 aliphatic carbocycles. The molecule has 0 bridgehead atoms. The van der Waals surface area contributed by atoms with Crippen molar-refractivity contribution in [3.8, 4) is 0 Å². The first kappa shape index (κ1) is 16.1. The smallest absolute Gasteiger partial charge is 0.227 e. The summed E-state index contributed by atoms with van der Waals surface area (Å²) in [5, 5.41) is 0. The molecule has 0 aliphatic heterocycles. The van der Waals surface area contributed by atoms with E-state index in [1.807, 2.05) is 18.9 Å². The predicted octanol–water partition coefficient (Wildman–Crippen LogP) is 3.46. The van der Waals surface area contributed by atoms with Crippen LogP contribution in [-0.4, -0.2) is 41.6 Å². The normalized spacial score (nSPS) is 25.6. The van der Waals surface area contributed by atoms with Crippen LogP contribution in [0.2, 0.25) is 0 Å². The number of carbonyl (C=O) groups is 1. The summed E-state index contributed by atoms with van der Waals surface area (Å²) in [6.45, 7) is 4.80. The summed E-state index contributed by atoms with van der Waals surface area (Å²) < 4.78 is 6.63. The first-order valence-electron chi connectivity index (χ1n) is 8.04. The number of aromatic amines is 1. The maximum Gasteiger partial charge on any atom is 0.227 e. The van der Waals surface area contributed by atoms with E-state index < -0.39 is 0 Å². The molecule has 1 aromatic heterocycles. The number of carbonyl (C=O) groups excluding carboxylic acids is 1. The Bertz CT molecular complexity index is 618. The van der Waals surface area contributed by atoms with Crippen LogP contribution in [0.4, 0.5) is 0 Å². The van der Waals surface area contributed by atoms with Crippen LogP contribution < -0.4 is 0 Å². The Kier molecular flexibility index (Phi) is 4.45. The van der Waals surface area contributed by atoms with Crippen molar-refractivity contribution < 1.29 is 9.53 Å². The second-order valence-corrected chi connectivity index (χ2v) is 8.30. The average Bonchev–Trinajstić information content (AvgIpc) is 2.69. The first-order chi connectivity index (χ1) is 10.5. The van der Waals surface area contributed by atoms with Gasteiger partial charge >= 0.3 is 0 Å². The molecule has 2 fully saturated rings. The fourth-order valence-corrected chi connectivity index (χ4v) is 5.27. The van der Waals surface area contributed by atoms with Gasteiger partial charge in [0.15, 0.2) is 3.95 Å². The Labute approximate surface area is 140 Å². The number of hydrogen-bond donors (Lipinski definition) is 1. The molecular weight excluding hydrogens is 316 g/mol. The third-order valence-electron chi connectivity index (χ3n) is 5.49. The topological polar surface area (TPSA) is 45.3 Å². The van der Waals surface area contributed by atoms with Gasteiger partial charge in [-0.1, -0.05) is 6.42 Å². The van der Waals surface area contributed by atoms with Crippen molar-refractivity contribution in [2.45, 2.75) is 58.1 Å². The van der Waals surface area contributed by atoms with Crippen molar-refractivity contribution in [1.29, 1.82) is 0 Å². The highest BCUT2D eigenvalue weighted by Crippen LogP contribution is 2.58. The van der Waals surface area contributed by atoms with E-state index in [9.17, 15) is 4.79 Å². The molecule has 1 N–H and O–H groups in total. The quantitative estimate of drug-likeness (QED) is 0.835. The van der Waals surface area contributed by atoms with Gasteiger partial charge in [-0.05, 0) is 45.3 Å². The molecule has 1 amide bonds. The van der Waals surface area contributed by atoms with Gasteiger partial charge in [0.05, 0.1) is 12.5 Å². The fraction of sp³-hybridized carbons (Fsp3) is 0.750. The van der Waals surface area contributed by atoms with Crippen molar-refractivity contribution in [3.63, 3.8) is 0 Å². The molecule has 0 aromatic carbocycles. The van der Waals surface area contributed by atoms with Gasteiger partial charge in [0.1, 0.15) is 0 Å². The Balaban J connectivity index is 1.66. The van der Waals surface area contributed by atoms with Gasteiger partial charge in [0, 0.05) is 35.7 Å². The van der Waals surface area contributed by atoms with Crippen molar-refractivity contribution in [2.75, 3.05) is 13.7 Å². The van der Waals surface area contributed by atoms with Gasteiger partial charge in [-0.2, -0.15) is 0 Å². The minimum Gasteiger partial charge on any atom is -0.378 e. The van der Waals surface area contributed by atoms with E-state index in [0.717, 1.165) is 27.6 Å². The number of nitrogens with zero attached hydrogens (tertiary/aromatic N) is 1.